The van der Waals surface area contributed by atoms with Gasteiger partial charge >= 0.3 is 0 Å². The van der Waals surface area contributed by atoms with Gasteiger partial charge in [0.15, 0.2) is 0 Å². The van der Waals surface area contributed by atoms with E-state index in [9.17, 15) is 4.79 Å². The molecular weight excluding hydrogens is 272 g/mol. The fourth-order valence-electron chi connectivity index (χ4n) is 2.44. The number of para-hydroxylation sites is 1. The van der Waals surface area contributed by atoms with Crippen LogP contribution in [0.1, 0.15) is 36.5 Å². The zero-order valence-corrected chi connectivity index (χ0v) is 13.5. The third kappa shape index (κ3) is 4.35. The van der Waals surface area contributed by atoms with Crippen LogP contribution in [0.2, 0.25) is 0 Å². The Labute approximate surface area is 132 Å². The summed E-state index contributed by atoms with van der Waals surface area (Å²) in [6.07, 6.45) is 0. The number of nitrogens with one attached hydrogen (secondary N) is 2. The van der Waals surface area contributed by atoms with E-state index in [2.05, 4.69) is 49.6 Å². The number of anilines is 1. The Bertz CT molecular complexity index is 621. The summed E-state index contributed by atoms with van der Waals surface area (Å²) in [6, 6.07) is 16.2. The first kappa shape index (κ1) is 16.1. The van der Waals surface area contributed by atoms with Crippen molar-refractivity contribution < 1.29 is 4.79 Å². The lowest BCUT2D eigenvalue weighted by molar-refractivity contribution is -0.119. The van der Waals surface area contributed by atoms with Crippen molar-refractivity contribution in [3.8, 4) is 0 Å². The summed E-state index contributed by atoms with van der Waals surface area (Å²) in [4.78, 5) is 12.0. The number of carbonyl (C=O) groups excluding carboxylic acids is 1. The van der Waals surface area contributed by atoms with Crippen molar-refractivity contribution in [3.05, 3.63) is 65.2 Å². The number of hydrogen-bond acceptors (Lipinski definition) is 2. The minimum atomic E-state index is 0.00168. The molecule has 0 fully saturated rings. The average Bonchev–Trinajstić information content (AvgIpc) is 2.52. The Hall–Kier alpha value is -2.29. The van der Waals surface area contributed by atoms with Crippen molar-refractivity contribution in [1.29, 1.82) is 0 Å². The van der Waals surface area contributed by atoms with Gasteiger partial charge in [0.2, 0.25) is 5.91 Å². The van der Waals surface area contributed by atoms with Crippen LogP contribution in [-0.4, -0.2) is 12.5 Å². The normalized spacial score (nSPS) is 10.5. The lowest BCUT2D eigenvalue weighted by Gasteiger charge is -2.17. The molecule has 0 aromatic heterocycles. The molecule has 0 atom stereocenters. The van der Waals surface area contributed by atoms with E-state index in [-0.39, 0.29) is 12.5 Å². The third-order valence-electron chi connectivity index (χ3n) is 3.69. The molecule has 2 rings (SSSR count). The Morgan fingerprint density at radius 1 is 1.05 bits per heavy atom. The zero-order valence-electron chi connectivity index (χ0n) is 13.5. The third-order valence-corrected chi connectivity index (χ3v) is 3.69. The highest BCUT2D eigenvalue weighted by molar-refractivity contribution is 5.81. The maximum absolute atomic E-state index is 12.0. The number of benzene rings is 2. The van der Waals surface area contributed by atoms with Crippen molar-refractivity contribution in [2.45, 2.75) is 33.2 Å². The molecule has 0 unspecified atom stereocenters. The molecule has 3 heteroatoms. The van der Waals surface area contributed by atoms with Crippen LogP contribution in [-0.2, 0) is 11.3 Å². The van der Waals surface area contributed by atoms with E-state index in [1.54, 1.807) is 0 Å². The van der Waals surface area contributed by atoms with Crippen LogP contribution in [0.25, 0.3) is 0 Å². The van der Waals surface area contributed by atoms with Crippen LogP contribution >= 0.6 is 0 Å². The number of rotatable bonds is 6. The van der Waals surface area contributed by atoms with Gasteiger partial charge < -0.3 is 10.6 Å². The smallest absolute Gasteiger partial charge is 0.239 e. The SMILES string of the molecule is Cc1cccc(C(C)C)c1NCC(=O)NCc1ccccc1. The average molecular weight is 296 g/mol. The molecule has 116 valence electrons. The molecule has 0 aliphatic carbocycles. The molecule has 1 amide bonds. The standard InChI is InChI=1S/C19H24N2O/c1-14(2)17-11-7-8-15(3)19(17)21-13-18(22)20-12-16-9-5-4-6-10-16/h4-11,14,21H,12-13H2,1-3H3,(H,20,22). The first-order chi connectivity index (χ1) is 10.6. The van der Waals surface area contributed by atoms with Crippen LogP contribution in [0.3, 0.4) is 0 Å². The van der Waals surface area contributed by atoms with Crippen LogP contribution in [0.4, 0.5) is 5.69 Å². The summed E-state index contributed by atoms with van der Waals surface area (Å²) in [5, 5.41) is 6.22. The maximum atomic E-state index is 12.0. The van der Waals surface area contributed by atoms with Crippen molar-refractivity contribution >= 4 is 11.6 Å². The van der Waals surface area contributed by atoms with E-state index >= 15 is 0 Å². The van der Waals surface area contributed by atoms with Gasteiger partial charge in [-0.05, 0) is 29.5 Å². The summed E-state index contributed by atoms with van der Waals surface area (Å²) in [7, 11) is 0. The highest BCUT2D eigenvalue weighted by atomic mass is 16.1. The van der Waals surface area contributed by atoms with Gasteiger partial charge in [0.05, 0.1) is 6.54 Å². The molecule has 0 saturated carbocycles. The topological polar surface area (TPSA) is 41.1 Å². The summed E-state index contributed by atoms with van der Waals surface area (Å²) >= 11 is 0. The van der Waals surface area contributed by atoms with E-state index in [0.717, 1.165) is 11.3 Å². The Morgan fingerprint density at radius 2 is 1.77 bits per heavy atom. The van der Waals surface area contributed by atoms with E-state index in [1.165, 1.54) is 11.1 Å². The van der Waals surface area contributed by atoms with Crippen molar-refractivity contribution in [2.24, 2.45) is 0 Å². The summed E-state index contributed by atoms with van der Waals surface area (Å²) in [5.41, 5.74) is 4.60. The van der Waals surface area contributed by atoms with Crippen molar-refractivity contribution in [2.75, 3.05) is 11.9 Å². The van der Waals surface area contributed by atoms with Crippen molar-refractivity contribution in [3.63, 3.8) is 0 Å². The molecule has 0 saturated heterocycles. The molecule has 2 N–H and O–H groups in total. The first-order valence-electron chi connectivity index (χ1n) is 7.72. The molecular formula is C19H24N2O. The van der Waals surface area contributed by atoms with Crippen LogP contribution in [0, 0.1) is 6.92 Å². The van der Waals surface area contributed by atoms with Gasteiger partial charge in [0.25, 0.3) is 0 Å². The molecule has 2 aromatic rings. The van der Waals surface area contributed by atoms with Crippen LogP contribution in [0.15, 0.2) is 48.5 Å². The second kappa shape index (κ2) is 7.64. The van der Waals surface area contributed by atoms with Gasteiger partial charge in [-0.2, -0.15) is 0 Å². The van der Waals surface area contributed by atoms with Gasteiger partial charge in [-0.25, -0.2) is 0 Å². The number of amides is 1. The van der Waals surface area contributed by atoms with Crippen molar-refractivity contribution in [1.82, 2.24) is 5.32 Å². The molecule has 0 spiro atoms. The van der Waals surface area contributed by atoms with Gasteiger partial charge in [-0.3, -0.25) is 4.79 Å². The molecule has 2 aromatic carbocycles. The highest BCUT2D eigenvalue weighted by Gasteiger charge is 2.10. The molecule has 0 radical (unpaired) electrons. The van der Waals surface area contributed by atoms with Gasteiger partial charge in [0.1, 0.15) is 0 Å². The monoisotopic (exact) mass is 296 g/mol. The molecule has 3 nitrogen and oxygen atoms in total. The first-order valence-corrected chi connectivity index (χ1v) is 7.72. The number of hydrogen-bond donors (Lipinski definition) is 2. The maximum Gasteiger partial charge on any atom is 0.239 e. The number of carbonyl (C=O) groups is 1. The summed E-state index contributed by atoms with van der Waals surface area (Å²) in [6.45, 7) is 7.24. The molecule has 0 heterocycles. The minimum Gasteiger partial charge on any atom is -0.376 e. The number of aryl methyl sites for hydroxylation is 1. The molecule has 0 aliphatic heterocycles. The minimum absolute atomic E-state index is 0.00168. The Morgan fingerprint density at radius 3 is 2.45 bits per heavy atom. The molecule has 0 bridgehead atoms. The lowest BCUT2D eigenvalue weighted by Crippen LogP contribution is -2.29. The Balaban J connectivity index is 1.91. The van der Waals surface area contributed by atoms with E-state index in [0.29, 0.717) is 12.5 Å². The van der Waals surface area contributed by atoms with Crippen LogP contribution in [0.5, 0.6) is 0 Å². The lowest BCUT2D eigenvalue weighted by atomic mass is 9.98. The predicted octanol–water partition coefficient (Wildman–Crippen LogP) is 3.85. The van der Waals surface area contributed by atoms with Gasteiger partial charge in [0, 0.05) is 12.2 Å². The quantitative estimate of drug-likeness (QED) is 0.850. The fraction of sp³-hybridized carbons (Fsp3) is 0.316. The highest BCUT2D eigenvalue weighted by Crippen LogP contribution is 2.27. The second-order valence-corrected chi connectivity index (χ2v) is 5.81. The molecule has 22 heavy (non-hydrogen) atoms. The second-order valence-electron chi connectivity index (χ2n) is 5.81. The predicted molar refractivity (Wildman–Crippen MR) is 92.0 cm³/mol. The Kier molecular flexibility index (Phi) is 5.59. The van der Waals surface area contributed by atoms with E-state index in [1.807, 2.05) is 30.3 Å². The van der Waals surface area contributed by atoms with Gasteiger partial charge in [-0.1, -0.05) is 62.4 Å². The van der Waals surface area contributed by atoms with Crippen LogP contribution < -0.4 is 10.6 Å². The summed E-state index contributed by atoms with van der Waals surface area (Å²) < 4.78 is 0. The molecule has 0 aliphatic rings. The summed E-state index contributed by atoms with van der Waals surface area (Å²) in [5.74, 6) is 0.427. The fourth-order valence-corrected chi connectivity index (χ4v) is 2.44. The largest absolute Gasteiger partial charge is 0.376 e. The van der Waals surface area contributed by atoms with E-state index < -0.39 is 0 Å². The van der Waals surface area contributed by atoms with E-state index in [4.69, 9.17) is 0 Å². The van der Waals surface area contributed by atoms with Gasteiger partial charge in [-0.15, -0.1) is 0 Å². The zero-order chi connectivity index (χ0) is 15.9.